The molecular formula is C20H20N4O2. The molecule has 1 saturated heterocycles. The summed E-state index contributed by atoms with van der Waals surface area (Å²) in [4.78, 5) is 29.7. The van der Waals surface area contributed by atoms with Crippen LogP contribution in [0.2, 0.25) is 0 Å². The van der Waals surface area contributed by atoms with E-state index in [4.69, 9.17) is 5.26 Å². The van der Waals surface area contributed by atoms with E-state index in [0.29, 0.717) is 42.2 Å². The third-order valence-electron chi connectivity index (χ3n) is 4.81. The fourth-order valence-electron chi connectivity index (χ4n) is 3.25. The zero-order valence-electron chi connectivity index (χ0n) is 14.6. The molecule has 1 fully saturated rings. The summed E-state index contributed by atoms with van der Waals surface area (Å²) in [6, 6.07) is 11.1. The fourth-order valence-corrected chi connectivity index (χ4v) is 3.25. The Labute approximate surface area is 152 Å². The van der Waals surface area contributed by atoms with Gasteiger partial charge in [0.2, 0.25) is 6.41 Å². The summed E-state index contributed by atoms with van der Waals surface area (Å²) >= 11 is 0. The molecule has 0 aliphatic carbocycles. The topological polar surface area (TPSA) is 86.1 Å². The van der Waals surface area contributed by atoms with Gasteiger partial charge in [-0.2, -0.15) is 5.26 Å². The number of piperidine rings is 1. The number of rotatable bonds is 4. The molecule has 3 rings (SSSR count). The number of hydrogen-bond donors (Lipinski definition) is 1. The predicted molar refractivity (Wildman–Crippen MR) is 97.7 cm³/mol. The molecule has 132 valence electrons. The van der Waals surface area contributed by atoms with Crippen molar-refractivity contribution in [3.63, 3.8) is 0 Å². The predicted octanol–water partition coefficient (Wildman–Crippen LogP) is 2.85. The minimum atomic E-state index is -0.0230. The van der Waals surface area contributed by atoms with Crippen LogP contribution in [0.25, 0.3) is 0 Å². The number of nitrogens with zero attached hydrogens (tertiary/aromatic N) is 3. The standard InChI is InChI=1S/C20H20N4O2/c1-14-2-4-17(10-19(14)23-13-25)20(26)24-8-6-16(7-9-24)18-5-3-15(11-21)12-22-18/h2-5,10,12-13,16H,6-9H2,1H3,(H,23,25). The maximum absolute atomic E-state index is 12.8. The molecule has 1 aliphatic rings. The average Bonchev–Trinajstić information content (AvgIpc) is 2.69. The maximum atomic E-state index is 12.8. The Bertz CT molecular complexity index is 847. The molecule has 6 heteroatoms. The normalized spacial score (nSPS) is 14.5. The van der Waals surface area contributed by atoms with Gasteiger partial charge in [-0.1, -0.05) is 6.07 Å². The van der Waals surface area contributed by atoms with Crippen molar-refractivity contribution >= 4 is 18.0 Å². The van der Waals surface area contributed by atoms with E-state index >= 15 is 0 Å². The Morgan fingerprint density at radius 2 is 2.08 bits per heavy atom. The number of likely N-dealkylation sites (tertiary alicyclic amines) is 1. The second-order valence-electron chi connectivity index (χ2n) is 6.44. The number of aromatic nitrogens is 1. The number of amides is 2. The molecule has 0 bridgehead atoms. The Balaban J connectivity index is 1.65. The molecule has 0 spiro atoms. The molecule has 0 unspecified atom stereocenters. The molecule has 2 heterocycles. The van der Waals surface area contributed by atoms with Gasteiger partial charge in [-0.05, 0) is 49.6 Å². The van der Waals surface area contributed by atoms with E-state index in [9.17, 15) is 9.59 Å². The Morgan fingerprint density at radius 1 is 1.31 bits per heavy atom. The van der Waals surface area contributed by atoms with Gasteiger partial charge in [0.15, 0.2) is 0 Å². The number of carbonyl (C=O) groups is 2. The molecule has 2 aromatic rings. The van der Waals surface area contributed by atoms with E-state index in [1.807, 2.05) is 24.0 Å². The number of aryl methyl sites for hydroxylation is 1. The number of hydrogen-bond acceptors (Lipinski definition) is 4. The number of benzene rings is 1. The number of carbonyl (C=O) groups excluding carboxylic acids is 2. The highest BCUT2D eigenvalue weighted by Crippen LogP contribution is 2.28. The first-order valence-corrected chi connectivity index (χ1v) is 8.58. The zero-order chi connectivity index (χ0) is 18.5. The van der Waals surface area contributed by atoms with Crippen molar-refractivity contribution in [3.05, 3.63) is 58.9 Å². The van der Waals surface area contributed by atoms with Crippen LogP contribution in [-0.4, -0.2) is 35.3 Å². The smallest absolute Gasteiger partial charge is 0.253 e. The molecule has 1 aliphatic heterocycles. The van der Waals surface area contributed by atoms with Crippen LogP contribution in [0.15, 0.2) is 36.5 Å². The summed E-state index contributed by atoms with van der Waals surface area (Å²) in [5.41, 5.74) is 3.68. The van der Waals surface area contributed by atoms with E-state index < -0.39 is 0 Å². The van der Waals surface area contributed by atoms with Gasteiger partial charge in [-0.3, -0.25) is 14.6 Å². The van der Waals surface area contributed by atoms with Crippen molar-refractivity contribution < 1.29 is 9.59 Å². The third-order valence-corrected chi connectivity index (χ3v) is 4.81. The number of nitriles is 1. The second-order valence-corrected chi connectivity index (χ2v) is 6.44. The molecule has 0 saturated carbocycles. The first-order chi connectivity index (χ1) is 12.6. The van der Waals surface area contributed by atoms with Gasteiger partial charge >= 0.3 is 0 Å². The van der Waals surface area contributed by atoms with Crippen LogP contribution in [0.4, 0.5) is 5.69 Å². The molecule has 26 heavy (non-hydrogen) atoms. The summed E-state index contributed by atoms with van der Waals surface area (Å²) in [6.45, 7) is 3.21. The lowest BCUT2D eigenvalue weighted by molar-refractivity contribution is -0.105. The number of pyridine rings is 1. The second kappa shape index (κ2) is 7.79. The molecule has 0 atom stereocenters. The van der Waals surface area contributed by atoms with Crippen LogP contribution < -0.4 is 5.32 Å². The number of anilines is 1. The van der Waals surface area contributed by atoms with Crippen LogP contribution in [0.3, 0.4) is 0 Å². The highest BCUT2D eigenvalue weighted by molar-refractivity contribution is 5.96. The lowest BCUT2D eigenvalue weighted by Crippen LogP contribution is -2.38. The molecule has 1 aromatic carbocycles. The highest BCUT2D eigenvalue weighted by Gasteiger charge is 2.25. The van der Waals surface area contributed by atoms with Gasteiger partial charge in [0.1, 0.15) is 6.07 Å². The number of nitrogens with one attached hydrogen (secondary N) is 1. The Hall–Kier alpha value is -3.20. The first-order valence-electron chi connectivity index (χ1n) is 8.58. The molecule has 1 N–H and O–H groups in total. The summed E-state index contributed by atoms with van der Waals surface area (Å²) in [6.07, 6.45) is 3.90. The van der Waals surface area contributed by atoms with E-state index in [1.165, 1.54) is 0 Å². The van der Waals surface area contributed by atoms with Gasteiger partial charge in [-0.25, -0.2) is 0 Å². The summed E-state index contributed by atoms with van der Waals surface area (Å²) in [5.74, 6) is 0.280. The van der Waals surface area contributed by atoms with Crippen molar-refractivity contribution in [2.24, 2.45) is 0 Å². The summed E-state index contributed by atoms with van der Waals surface area (Å²) in [5, 5.41) is 11.5. The van der Waals surface area contributed by atoms with Crippen molar-refractivity contribution in [2.75, 3.05) is 18.4 Å². The molecule has 2 amide bonds. The van der Waals surface area contributed by atoms with Crippen molar-refractivity contribution in [1.29, 1.82) is 5.26 Å². The van der Waals surface area contributed by atoms with Crippen LogP contribution in [0.1, 0.15) is 45.9 Å². The van der Waals surface area contributed by atoms with Crippen LogP contribution >= 0.6 is 0 Å². The van der Waals surface area contributed by atoms with Crippen LogP contribution in [-0.2, 0) is 4.79 Å². The van der Waals surface area contributed by atoms with E-state index in [1.54, 1.807) is 24.4 Å². The van der Waals surface area contributed by atoms with Gasteiger partial charge in [-0.15, -0.1) is 0 Å². The molecule has 0 radical (unpaired) electrons. The average molecular weight is 348 g/mol. The van der Waals surface area contributed by atoms with E-state index in [-0.39, 0.29) is 5.91 Å². The highest BCUT2D eigenvalue weighted by atomic mass is 16.2. The van der Waals surface area contributed by atoms with Crippen LogP contribution in [0.5, 0.6) is 0 Å². The van der Waals surface area contributed by atoms with Crippen molar-refractivity contribution in [3.8, 4) is 6.07 Å². The molecule has 6 nitrogen and oxygen atoms in total. The van der Waals surface area contributed by atoms with Crippen molar-refractivity contribution in [1.82, 2.24) is 9.88 Å². The lowest BCUT2D eigenvalue weighted by atomic mass is 9.92. The van der Waals surface area contributed by atoms with Gasteiger partial charge in [0, 0.05) is 42.1 Å². The fraction of sp³-hybridized carbons (Fsp3) is 0.300. The minimum absolute atomic E-state index is 0.0230. The summed E-state index contributed by atoms with van der Waals surface area (Å²) in [7, 11) is 0. The van der Waals surface area contributed by atoms with E-state index in [0.717, 1.165) is 24.1 Å². The monoisotopic (exact) mass is 348 g/mol. The largest absolute Gasteiger partial charge is 0.339 e. The van der Waals surface area contributed by atoms with Crippen molar-refractivity contribution in [2.45, 2.75) is 25.7 Å². The third kappa shape index (κ3) is 3.72. The minimum Gasteiger partial charge on any atom is -0.339 e. The SMILES string of the molecule is Cc1ccc(C(=O)N2CCC(c3ccc(C#N)cn3)CC2)cc1NC=O. The van der Waals surface area contributed by atoms with Gasteiger partial charge in [0.25, 0.3) is 5.91 Å². The van der Waals surface area contributed by atoms with Crippen LogP contribution in [0, 0.1) is 18.3 Å². The van der Waals surface area contributed by atoms with Gasteiger partial charge < -0.3 is 10.2 Å². The molecule has 1 aromatic heterocycles. The Morgan fingerprint density at radius 3 is 2.69 bits per heavy atom. The maximum Gasteiger partial charge on any atom is 0.253 e. The Kier molecular flexibility index (Phi) is 5.28. The van der Waals surface area contributed by atoms with E-state index in [2.05, 4.69) is 16.4 Å². The first kappa shape index (κ1) is 17.6. The quantitative estimate of drug-likeness (QED) is 0.861. The van der Waals surface area contributed by atoms with Gasteiger partial charge in [0.05, 0.1) is 5.56 Å². The zero-order valence-corrected chi connectivity index (χ0v) is 14.6. The molecular weight excluding hydrogens is 328 g/mol. The lowest BCUT2D eigenvalue weighted by Gasteiger charge is -2.32. The summed E-state index contributed by atoms with van der Waals surface area (Å²) < 4.78 is 0.